The third kappa shape index (κ3) is 3.66. The van der Waals surface area contributed by atoms with Gasteiger partial charge in [-0.05, 0) is 43.7 Å². The van der Waals surface area contributed by atoms with Crippen LogP contribution in [0.2, 0.25) is 5.02 Å². The molecular weight excluding hydrogens is 320 g/mol. The van der Waals surface area contributed by atoms with Crippen molar-refractivity contribution in [3.8, 4) is 0 Å². The topological polar surface area (TPSA) is 41.1 Å². The molecule has 0 saturated heterocycles. The highest BCUT2D eigenvalue weighted by molar-refractivity contribution is 6.30. The lowest BCUT2D eigenvalue weighted by molar-refractivity contribution is 1.05. The fraction of sp³-hybridized carbons (Fsp3) is 0.158. The van der Waals surface area contributed by atoms with Crippen molar-refractivity contribution in [2.24, 2.45) is 0 Å². The standard InChI is InChI=1S/C19H19ClN4/c1-13-9-10-15(20)12-17(13)22-19-21-14(2)11-18(23-19)24(3)16-7-5-4-6-8-16/h4-12H,1-3H3,(H,21,22,23). The fourth-order valence-electron chi connectivity index (χ4n) is 2.41. The molecule has 122 valence electrons. The molecule has 1 N–H and O–H groups in total. The Morgan fingerprint density at radius 3 is 2.46 bits per heavy atom. The Morgan fingerprint density at radius 1 is 0.958 bits per heavy atom. The molecule has 1 heterocycles. The normalized spacial score (nSPS) is 10.5. The van der Waals surface area contributed by atoms with Gasteiger partial charge < -0.3 is 10.2 Å². The molecule has 3 aromatic rings. The van der Waals surface area contributed by atoms with Gasteiger partial charge in [-0.2, -0.15) is 4.98 Å². The molecule has 0 amide bonds. The van der Waals surface area contributed by atoms with Crippen LogP contribution in [0.25, 0.3) is 0 Å². The molecule has 0 saturated carbocycles. The molecule has 4 nitrogen and oxygen atoms in total. The number of nitrogens with one attached hydrogen (secondary N) is 1. The molecule has 0 unspecified atom stereocenters. The summed E-state index contributed by atoms with van der Waals surface area (Å²) in [4.78, 5) is 11.2. The smallest absolute Gasteiger partial charge is 0.229 e. The van der Waals surface area contributed by atoms with E-state index < -0.39 is 0 Å². The summed E-state index contributed by atoms with van der Waals surface area (Å²) in [6.45, 7) is 3.98. The number of hydrogen-bond donors (Lipinski definition) is 1. The number of anilines is 4. The maximum Gasteiger partial charge on any atom is 0.229 e. The fourth-order valence-corrected chi connectivity index (χ4v) is 2.58. The van der Waals surface area contributed by atoms with E-state index in [1.807, 2.05) is 80.4 Å². The van der Waals surface area contributed by atoms with E-state index in [0.717, 1.165) is 28.5 Å². The van der Waals surface area contributed by atoms with Crippen molar-refractivity contribution >= 4 is 34.7 Å². The SMILES string of the molecule is Cc1cc(N(C)c2ccccc2)nc(Nc2cc(Cl)ccc2C)n1. The van der Waals surface area contributed by atoms with Crippen LogP contribution in [0, 0.1) is 13.8 Å². The quantitative estimate of drug-likeness (QED) is 0.704. The summed E-state index contributed by atoms with van der Waals surface area (Å²) >= 11 is 6.09. The van der Waals surface area contributed by atoms with Crippen molar-refractivity contribution in [1.29, 1.82) is 0 Å². The second kappa shape index (κ2) is 6.89. The van der Waals surface area contributed by atoms with E-state index in [1.165, 1.54) is 0 Å². The molecule has 0 atom stereocenters. The summed E-state index contributed by atoms with van der Waals surface area (Å²) in [5.74, 6) is 1.38. The number of hydrogen-bond acceptors (Lipinski definition) is 4. The van der Waals surface area contributed by atoms with Crippen LogP contribution in [0.3, 0.4) is 0 Å². The Labute approximate surface area is 147 Å². The van der Waals surface area contributed by atoms with Gasteiger partial charge in [-0.15, -0.1) is 0 Å². The minimum atomic E-state index is 0.554. The predicted molar refractivity (Wildman–Crippen MR) is 101 cm³/mol. The van der Waals surface area contributed by atoms with Gasteiger partial charge in [0.1, 0.15) is 5.82 Å². The summed E-state index contributed by atoms with van der Waals surface area (Å²) in [7, 11) is 1.99. The van der Waals surface area contributed by atoms with Crippen molar-refractivity contribution in [2.75, 3.05) is 17.3 Å². The number of para-hydroxylation sites is 1. The van der Waals surface area contributed by atoms with E-state index in [2.05, 4.69) is 15.3 Å². The largest absolute Gasteiger partial charge is 0.329 e. The maximum absolute atomic E-state index is 6.09. The molecule has 0 aliphatic rings. The van der Waals surface area contributed by atoms with Crippen molar-refractivity contribution in [2.45, 2.75) is 13.8 Å². The zero-order chi connectivity index (χ0) is 17.1. The first-order valence-electron chi connectivity index (χ1n) is 7.70. The second-order valence-corrected chi connectivity index (χ2v) is 6.11. The van der Waals surface area contributed by atoms with Gasteiger partial charge in [-0.3, -0.25) is 0 Å². The monoisotopic (exact) mass is 338 g/mol. The van der Waals surface area contributed by atoms with Gasteiger partial charge in [0.15, 0.2) is 0 Å². The van der Waals surface area contributed by atoms with Gasteiger partial charge in [-0.1, -0.05) is 35.9 Å². The molecule has 0 aliphatic heterocycles. The lowest BCUT2D eigenvalue weighted by Gasteiger charge is -2.19. The highest BCUT2D eigenvalue weighted by Gasteiger charge is 2.10. The van der Waals surface area contributed by atoms with Crippen molar-refractivity contribution in [3.05, 3.63) is 70.9 Å². The number of halogens is 1. The average molecular weight is 339 g/mol. The minimum absolute atomic E-state index is 0.554. The first-order chi connectivity index (χ1) is 11.5. The molecule has 3 rings (SSSR count). The number of aromatic nitrogens is 2. The third-order valence-electron chi connectivity index (χ3n) is 3.77. The Kier molecular flexibility index (Phi) is 4.67. The number of benzene rings is 2. The summed E-state index contributed by atoms with van der Waals surface area (Å²) in [5, 5.41) is 3.95. The second-order valence-electron chi connectivity index (χ2n) is 5.67. The van der Waals surface area contributed by atoms with Crippen LogP contribution in [0.15, 0.2) is 54.6 Å². The Bertz CT molecular complexity index is 849. The zero-order valence-corrected chi connectivity index (χ0v) is 14.7. The van der Waals surface area contributed by atoms with Gasteiger partial charge in [0.25, 0.3) is 0 Å². The molecule has 0 bridgehead atoms. The summed E-state index contributed by atoms with van der Waals surface area (Å²) < 4.78 is 0. The Balaban J connectivity index is 1.93. The van der Waals surface area contributed by atoms with Gasteiger partial charge in [0.05, 0.1) is 0 Å². The van der Waals surface area contributed by atoms with Gasteiger partial charge >= 0.3 is 0 Å². The third-order valence-corrected chi connectivity index (χ3v) is 4.01. The van der Waals surface area contributed by atoms with Gasteiger partial charge in [0.2, 0.25) is 5.95 Å². The van der Waals surface area contributed by atoms with E-state index in [9.17, 15) is 0 Å². The van der Waals surface area contributed by atoms with Crippen LogP contribution in [-0.2, 0) is 0 Å². The van der Waals surface area contributed by atoms with E-state index in [4.69, 9.17) is 11.6 Å². The molecule has 1 aromatic heterocycles. The van der Waals surface area contributed by atoms with Crippen molar-refractivity contribution in [3.63, 3.8) is 0 Å². The van der Waals surface area contributed by atoms with E-state index >= 15 is 0 Å². The summed E-state index contributed by atoms with van der Waals surface area (Å²) in [6, 6.07) is 17.8. The number of aryl methyl sites for hydroxylation is 2. The molecule has 0 aliphatic carbocycles. The van der Waals surface area contributed by atoms with Crippen molar-refractivity contribution < 1.29 is 0 Å². The van der Waals surface area contributed by atoms with E-state index in [-0.39, 0.29) is 0 Å². The first-order valence-corrected chi connectivity index (χ1v) is 8.08. The van der Waals surface area contributed by atoms with Crippen LogP contribution < -0.4 is 10.2 Å². The Hall–Kier alpha value is -2.59. The van der Waals surface area contributed by atoms with Crippen LogP contribution in [0.4, 0.5) is 23.1 Å². The minimum Gasteiger partial charge on any atom is -0.329 e. The number of rotatable bonds is 4. The van der Waals surface area contributed by atoms with Crippen LogP contribution >= 0.6 is 11.6 Å². The van der Waals surface area contributed by atoms with E-state index in [0.29, 0.717) is 11.0 Å². The molecule has 0 radical (unpaired) electrons. The lowest BCUT2D eigenvalue weighted by Crippen LogP contribution is -2.13. The molecule has 0 fully saturated rings. The highest BCUT2D eigenvalue weighted by Crippen LogP contribution is 2.26. The average Bonchev–Trinajstić information content (AvgIpc) is 2.58. The molecule has 24 heavy (non-hydrogen) atoms. The lowest BCUT2D eigenvalue weighted by atomic mass is 10.2. The van der Waals surface area contributed by atoms with Gasteiger partial charge in [-0.25, -0.2) is 4.98 Å². The molecule has 0 spiro atoms. The highest BCUT2D eigenvalue weighted by atomic mass is 35.5. The van der Waals surface area contributed by atoms with Gasteiger partial charge in [0, 0.05) is 35.2 Å². The zero-order valence-electron chi connectivity index (χ0n) is 13.9. The summed E-state index contributed by atoms with van der Waals surface area (Å²) in [6.07, 6.45) is 0. The number of nitrogens with zero attached hydrogens (tertiary/aromatic N) is 3. The molecular formula is C19H19ClN4. The first kappa shape index (κ1) is 16.3. The Morgan fingerprint density at radius 2 is 1.71 bits per heavy atom. The summed E-state index contributed by atoms with van der Waals surface area (Å²) in [5.41, 5.74) is 3.95. The van der Waals surface area contributed by atoms with Crippen LogP contribution in [0.5, 0.6) is 0 Å². The van der Waals surface area contributed by atoms with Crippen molar-refractivity contribution in [1.82, 2.24) is 9.97 Å². The maximum atomic E-state index is 6.09. The van der Waals surface area contributed by atoms with Crippen LogP contribution in [-0.4, -0.2) is 17.0 Å². The molecule has 5 heteroatoms. The molecule has 2 aromatic carbocycles. The van der Waals surface area contributed by atoms with Crippen LogP contribution in [0.1, 0.15) is 11.3 Å². The predicted octanol–water partition coefficient (Wildman–Crippen LogP) is 5.26. The van der Waals surface area contributed by atoms with E-state index in [1.54, 1.807) is 0 Å².